The summed E-state index contributed by atoms with van der Waals surface area (Å²) >= 11 is 3.33. The lowest BCUT2D eigenvalue weighted by Gasteiger charge is -2.34. The zero-order valence-electron chi connectivity index (χ0n) is 15.8. The number of nitrogens with zero attached hydrogens (tertiary/aromatic N) is 1. The molecule has 2 atom stereocenters. The monoisotopic (exact) mass is 447 g/mol. The van der Waals surface area contributed by atoms with E-state index < -0.39 is 17.8 Å². The molecule has 6 nitrogen and oxygen atoms in total. The van der Waals surface area contributed by atoms with Crippen molar-refractivity contribution in [3.8, 4) is 11.5 Å². The summed E-state index contributed by atoms with van der Waals surface area (Å²) in [6, 6.07) is 3.37. The number of aliphatic imine (C=N–C) groups is 1. The molecule has 1 unspecified atom stereocenters. The van der Waals surface area contributed by atoms with Crippen LogP contribution < -0.4 is 4.74 Å². The van der Waals surface area contributed by atoms with Gasteiger partial charge in [0.2, 0.25) is 0 Å². The first-order chi connectivity index (χ1) is 13.4. The van der Waals surface area contributed by atoms with Crippen molar-refractivity contribution in [1.29, 1.82) is 0 Å². The predicted octanol–water partition coefficient (Wildman–Crippen LogP) is 4.07. The number of rotatable bonds is 5. The Balaban J connectivity index is 2.18. The molecule has 0 bridgehead atoms. The molecule has 148 valence electrons. The Kier molecular flexibility index (Phi) is 6.03. The lowest BCUT2D eigenvalue weighted by molar-refractivity contribution is -0.145. The molecule has 0 spiro atoms. The SMILES string of the molecule is C=CCOC(=O)C1C(C)=NC2=C(C(=O)CCC2)[C@@H]1c1cc(Br)c(O)c(OC)c1. The zero-order valence-corrected chi connectivity index (χ0v) is 17.4. The van der Waals surface area contributed by atoms with Crippen molar-refractivity contribution < 1.29 is 24.2 Å². The summed E-state index contributed by atoms with van der Waals surface area (Å²) in [6.45, 7) is 5.44. The van der Waals surface area contributed by atoms with Crippen LogP contribution in [0.2, 0.25) is 0 Å². The van der Waals surface area contributed by atoms with Gasteiger partial charge in [-0.05, 0) is 53.4 Å². The van der Waals surface area contributed by atoms with E-state index in [1.807, 2.05) is 0 Å². The first-order valence-corrected chi connectivity index (χ1v) is 9.83. The zero-order chi connectivity index (χ0) is 20.4. The van der Waals surface area contributed by atoms with Crippen LogP contribution in [-0.4, -0.2) is 36.3 Å². The minimum Gasteiger partial charge on any atom is -0.503 e. The molecule has 1 aliphatic heterocycles. The van der Waals surface area contributed by atoms with Crippen LogP contribution in [0.3, 0.4) is 0 Å². The van der Waals surface area contributed by atoms with Crippen LogP contribution in [0.25, 0.3) is 0 Å². The molecule has 1 N–H and O–H groups in total. The second-order valence-electron chi connectivity index (χ2n) is 6.82. The number of carbonyl (C=O) groups is 2. The van der Waals surface area contributed by atoms with Crippen molar-refractivity contribution in [2.75, 3.05) is 13.7 Å². The van der Waals surface area contributed by atoms with E-state index in [9.17, 15) is 14.7 Å². The molecule has 28 heavy (non-hydrogen) atoms. The summed E-state index contributed by atoms with van der Waals surface area (Å²) < 4.78 is 11.0. The fourth-order valence-electron chi connectivity index (χ4n) is 3.83. The number of phenols is 1. The Morgan fingerprint density at radius 3 is 2.86 bits per heavy atom. The van der Waals surface area contributed by atoms with Crippen LogP contribution in [-0.2, 0) is 14.3 Å². The number of ketones is 1. The first kappa shape index (κ1) is 20.3. The minimum absolute atomic E-state index is 0.00724. The fourth-order valence-corrected chi connectivity index (χ4v) is 4.29. The van der Waals surface area contributed by atoms with E-state index in [1.165, 1.54) is 13.2 Å². The second kappa shape index (κ2) is 8.31. The normalized spacial score (nSPS) is 21.7. The van der Waals surface area contributed by atoms with E-state index in [1.54, 1.807) is 19.1 Å². The number of esters is 1. The molecule has 0 radical (unpaired) electrons. The highest BCUT2D eigenvalue weighted by molar-refractivity contribution is 9.10. The lowest BCUT2D eigenvalue weighted by atomic mass is 9.71. The summed E-state index contributed by atoms with van der Waals surface area (Å²) in [5.74, 6) is -1.53. The number of phenolic OH excluding ortho intramolecular Hbond substituents is 1. The van der Waals surface area contributed by atoms with Gasteiger partial charge in [-0.15, -0.1) is 0 Å². The number of halogens is 1. The van der Waals surface area contributed by atoms with Gasteiger partial charge in [-0.3, -0.25) is 14.6 Å². The minimum atomic E-state index is -0.734. The molecule has 0 saturated carbocycles. The number of hydrogen-bond acceptors (Lipinski definition) is 6. The summed E-state index contributed by atoms with van der Waals surface area (Å²) in [6.07, 6.45) is 3.36. The van der Waals surface area contributed by atoms with Gasteiger partial charge in [-0.25, -0.2) is 0 Å². The van der Waals surface area contributed by atoms with Gasteiger partial charge in [0.15, 0.2) is 17.3 Å². The average Bonchev–Trinajstić information content (AvgIpc) is 2.67. The van der Waals surface area contributed by atoms with Gasteiger partial charge in [0.25, 0.3) is 0 Å². The predicted molar refractivity (Wildman–Crippen MR) is 109 cm³/mol. The average molecular weight is 448 g/mol. The van der Waals surface area contributed by atoms with Gasteiger partial charge in [-0.1, -0.05) is 12.7 Å². The van der Waals surface area contributed by atoms with E-state index in [-0.39, 0.29) is 23.9 Å². The molecule has 3 rings (SSSR count). The summed E-state index contributed by atoms with van der Waals surface area (Å²) in [5.41, 5.74) is 2.57. The highest BCUT2D eigenvalue weighted by Gasteiger charge is 2.43. The number of benzene rings is 1. The summed E-state index contributed by atoms with van der Waals surface area (Å²) in [7, 11) is 1.45. The molecule has 2 aliphatic rings. The number of ether oxygens (including phenoxy) is 2. The third-order valence-corrected chi connectivity index (χ3v) is 5.67. The first-order valence-electron chi connectivity index (χ1n) is 9.04. The lowest BCUT2D eigenvalue weighted by Crippen LogP contribution is -2.37. The maximum Gasteiger partial charge on any atom is 0.315 e. The Labute approximate surface area is 172 Å². The number of carbonyl (C=O) groups excluding carboxylic acids is 2. The van der Waals surface area contributed by atoms with Crippen LogP contribution in [0.15, 0.2) is 45.5 Å². The highest BCUT2D eigenvalue weighted by atomic mass is 79.9. The Morgan fingerprint density at radius 2 is 2.18 bits per heavy atom. The number of aromatic hydroxyl groups is 1. The van der Waals surface area contributed by atoms with E-state index >= 15 is 0 Å². The van der Waals surface area contributed by atoms with Crippen molar-refractivity contribution >= 4 is 33.4 Å². The molecular weight excluding hydrogens is 426 g/mol. The Bertz CT molecular complexity index is 902. The van der Waals surface area contributed by atoms with Gasteiger partial charge >= 0.3 is 5.97 Å². The quantitative estimate of drug-likeness (QED) is 0.542. The molecule has 0 saturated heterocycles. The van der Waals surface area contributed by atoms with E-state index in [4.69, 9.17) is 9.47 Å². The van der Waals surface area contributed by atoms with Gasteiger partial charge in [0, 0.05) is 29.3 Å². The third-order valence-electron chi connectivity index (χ3n) is 5.06. The van der Waals surface area contributed by atoms with Gasteiger partial charge in [-0.2, -0.15) is 0 Å². The number of methoxy groups -OCH3 is 1. The fraction of sp³-hybridized carbons (Fsp3) is 0.381. The number of Topliss-reactive ketones (excluding diaryl/α,β-unsaturated/α-hetero) is 1. The van der Waals surface area contributed by atoms with Crippen LogP contribution in [0, 0.1) is 5.92 Å². The van der Waals surface area contributed by atoms with Gasteiger partial charge in [0.05, 0.1) is 11.6 Å². The maximum absolute atomic E-state index is 12.9. The van der Waals surface area contributed by atoms with E-state index in [0.29, 0.717) is 34.2 Å². The van der Waals surface area contributed by atoms with Crippen molar-refractivity contribution in [1.82, 2.24) is 0 Å². The molecule has 0 amide bonds. The topological polar surface area (TPSA) is 85.2 Å². The Hall–Kier alpha value is -2.41. The molecule has 7 heteroatoms. The summed E-state index contributed by atoms with van der Waals surface area (Å²) in [5, 5.41) is 10.2. The third kappa shape index (κ3) is 3.63. The van der Waals surface area contributed by atoms with Crippen molar-refractivity contribution in [2.45, 2.75) is 32.1 Å². The largest absolute Gasteiger partial charge is 0.503 e. The van der Waals surface area contributed by atoms with Crippen LogP contribution in [0.1, 0.15) is 37.7 Å². The molecular formula is C21H22BrNO5. The summed E-state index contributed by atoms with van der Waals surface area (Å²) in [4.78, 5) is 30.3. The maximum atomic E-state index is 12.9. The van der Waals surface area contributed by atoms with Crippen molar-refractivity contribution in [2.24, 2.45) is 10.9 Å². The van der Waals surface area contributed by atoms with Crippen molar-refractivity contribution in [3.63, 3.8) is 0 Å². The molecule has 1 aromatic rings. The smallest absolute Gasteiger partial charge is 0.315 e. The molecule has 1 aromatic carbocycles. The molecule has 1 aliphatic carbocycles. The number of hydrogen-bond donors (Lipinski definition) is 1. The standard InChI is InChI=1S/C21H22BrNO5/c1-4-8-28-21(26)17-11(2)23-14-6-5-7-15(24)19(14)18(17)12-9-13(22)20(25)16(10-12)27-3/h4,9-10,17-18,25H,1,5-8H2,2-3H3/t17?,18-/m1/s1. The molecule has 0 aromatic heterocycles. The van der Waals surface area contributed by atoms with Crippen LogP contribution in [0.4, 0.5) is 0 Å². The molecule has 0 fully saturated rings. The number of allylic oxidation sites excluding steroid dienone is 2. The van der Waals surface area contributed by atoms with Crippen molar-refractivity contribution in [3.05, 3.63) is 46.1 Å². The Morgan fingerprint density at radius 1 is 1.43 bits per heavy atom. The highest BCUT2D eigenvalue weighted by Crippen LogP contribution is 2.46. The molecule has 1 heterocycles. The second-order valence-corrected chi connectivity index (χ2v) is 7.67. The van der Waals surface area contributed by atoms with Crippen LogP contribution >= 0.6 is 15.9 Å². The van der Waals surface area contributed by atoms with E-state index in [0.717, 1.165) is 12.1 Å². The van der Waals surface area contributed by atoms with E-state index in [2.05, 4.69) is 27.5 Å². The van der Waals surface area contributed by atoms with Crippen LogP contribution in [0.5, 0.6) is 11.5 Å². The van der Waals surface area contributed by atoms with Gasteiger partial charge < -0.3 is 14.6 Å². The van der Waals surface area contributed by atoms with Gasteiger partial charge in [0.1, 0.15) is 12.5 Å².